The van der Waals surface area contributed by atoms with Crippen molar-refractivity contribution in [3.63, 3.8) is 0 Å². The second kappa shape index (κ2) is 8.28. The van der Waals surface area contributed by atoms with Crippen LogP contribution in [0.2, 0.25) is 0 Å². The van der Waals surface area contributed by atoms with Gasteiger partial charge in [0.05, 0.1) is 19.8 Å². The molecule has 0 saturated heterocycles. The van der Waals surface area contributed by atoms with Crippen molar-refractivity contribution in [2.45, 2.75) is 13.0 Å². The van der Waals surface area contributed by atoms with Gasteiger partial charge in [-0.25, -0.2) is 9.97 Å². The molecule has 0 aliphatic rings. The highest BCUT2D eigenvalue weighted by molar-refractivity contribution is 4.87. The van der Waals surface area contributed by atoms with Gasteiger partial charge in [0.2, 0.25) is 0 Å². The highest BCUT2D eigenvalue weighted by atomic mass is 16.5. The Hall–Kier alpha value is -1.04. The topological polar surface area (TPSA) is 67.3 Å². The Morgan fingerprint density at radius 3 is 2.80 bits per heavy atom. The van der Waals surface area contributed by atoms with Crippen molar-refractivity contribution in [1.29, 1.82) is 0 Å². The van der Waals surface area contributed by atoms with E-state index >= 15 is 0 Å². The van der Waals surface area contributed by atoms with E-state index in [1.165, 1.54) is 0 Å². The Balaban J connectivity index is 1.93. The summed E-state index contributed by atoms with van der Waals surface area (Å²) in [7, 11) is 0. The first-order chi connectivity index (χ1) is 7.43. The summed E-state index contributed by atoms with van der Waals surface area (Å²) in [6.07, 6.45) is 4.38. The third-order valence-corrected chi connectivity index (χ3v) is 1.78. The van der Waals surface area contributed by atoms with Crippen LogP contribution >= 0.6 is 0 Å². The largest absolute Gasteiger partial charge is 0.394 e. The third-order valence-electron chi connectivity index (χ3n) is 1.78. The van der Waals surface area contributed by atoms with Gasteiger partial charge in [0, 0.05) is 19.0 Å². The SMILES string of the molecule is OCCOCCCNCc1ncccn1. The molecule has 0 amide bonds. The normalized spacial score (nSPS) is 10.5. The van der Waals surface area contributed by atoms with Gasteiger partial charge in [0.1, 0.15) is 5.82 Å². The molecule has 5 heteroatoms. The fourth-order valence-corrected chi connectivity index (χ4v) is 1.09. The van der Waals surface area contributed by atoms with E-state index < -0.39 is 0 Å². The predicted molar refractivity (Wildman–Crippen MR) is 56.3 cm³/mol. The van der Waals surface area contributed by atoms with E-state index in [9.17, 15) is 0 Å². The van der Waals surface area contributed by atoms with Crippen LogP contribution in [0.25, 0.3) is 0 Å². The van der Waals surface area contributed by atoms with Crippen LogP contribution in [0.15, 0.2) is 18.5 Å². The quantitative estimate of drug-likeness (QED) is 0.591. The first-order valence-corrected chi connectivity index (χ1v) is 5.08. The van der Waals surface area contributed by atoms with E-state index in [0.29, 0.717) is 19.8 Å². The van der Waals surface area contributed by atoms with Crippen molar-refractivity contribution in [2.24, 2.45) is 0 Å². The minimum atomic E-state index is 0.0886. The van der Waals surface area contributed by atoms with Crippen LogP contribution in [-0.2, 0) is 11.3 Å². The molecule has 0 aliphatic carbocycles. The van der Waals surface area contributed by atoms with Gasteiger partial charge in [-0.2, -0.15) is 0 Å². The summed E-state index contributed by atoms with van der Waals surface area (Å²) in [6.45, 7) is 2.72. The molecule has 5 nitrogen and oxygen atoms in total. The molecule has 15 heavy (non-hydrogen) atoms. The van der Waals surface area contributed by atoms with Gasteiger partial charge in [-0.15, -0.1) is 0 Å². The van der Waals surface area contributed by atoms with Gasteiger partial charge in [0.15, 0.2) is 0 Å². The molecule has 1 aromatic heterocycles. The van der Waals surface area contributed by atoms with Crippen molar-refractivity contribution in [3.05, 3.63) is 24.3 Å². The number of nitrogens with zero attached hydrogens (tertiary/aromatic N) is 2. The first-order valence-electron chi connectivity index (χ1n) is 5.08. The predicted octanol–water partition coefficient (Wildman–Crippen LogP) is -0.0348. The molecule has 0 unspecified atom stereocenters. The highest BCUT2D eigenvalue weighted by Gasteiger charge is 1.93. The standard InChI is InChI=1S/C10H17N3O2/c14-6-8-15-7-2-3-11-9-10-12-4-1-5-13-10/h1,4-5,11,14H,2-3,6-9H2. The summed E-state index contributed by atoms with van der Waals surface area (Å²) >= 11 is 0. The van der Waals surface area contributed by atoms with Gasteiger partial charge in [-0.05, 0) is 19.0 Å². The lowest BCUT2D eigenvalue weighted by atomic mass is 10.4. The lowest BCUT2D eigenvalue weighted by Gasteiger charge is -2.03. The molecule has 0 spiro atoms. The molecule has 0 fully saturated rings. The Bertz CT molecular complexity index is 244. The number of ether oxygens (including phenoxy) is 1. The zero-order valence-corrected chi connectivity index (χ0v) is 8.72. The number of aliphatic hydroxyl groups is 1. The monoisotopic (exact) mass is 211 g/mol. The Labute approximate surface area is 89.5 Å². The van der Waals surface area contributed by atoms with E-state index in [1.54, 1.807) is 18.5 Å². The van der Waals surface area contributed by atoms with E-state index in [-0.39, 0.29) is 6.61 Å². The zero-order valence-electron chi connectivity index (χ0n) is 8.72. The van der Waals surface area contributed by atoms with Crippen LogP contribution in [0.1, 0.15) is 12.2 Å². The molecule has 0 bridgehead atoms. The maximum Gasteiger partial charge on any atom is 0.141 e. The summed E-state index contributed by atoms with van der Waals surface area (Å²) in [4.78, 5) is 8.18. The van der Waals surface area contributed by atoms with Crippen LogP contribution in [-0.4, -0.2) is 41.4 Å². The second-order valence-corrected chi connectivity index (χ2v) is 3.03. The maximum atomic E-state index is 8.46. The fraction of sp³-hybridized carbons (Fsp3) is 0.600. The van der Waals surface area contributed by atoms with Crippen LogP contribution in [0.5, 0.6) is 0 Å². The van der Waals surface area contributed by atoms with Crippen molar-refractivity contribution < 1.29 is 9.84 Å². The van der Waals surface area contributed by atoms with E-state index in [4.69, 9.17) is 9.84 Å². The smallest absolute Gasteiger partial charge is 0.141 e. The fourth-order valence-electron chi connectivity index (χ4n) is 1.09. The summed E-state index contributed by atoms with van der Waals surface area (Å²) in [5.41, 5.74) is 0. The average molecular weight is 211 g/mol. The molecule has 1 aromatic rings. The molecule has 84 valence electrons. The number of aromatic nitrogens is 2. The van der Waals surface area contributed by atoms with Crippen LogP contribution in [0, 0.1) is 0 Å². The zero-order chi connectivity index (χ0) is 10.8. The Morgan fingerprint density at radius 1 is 1.27 bits per heavy atom. The lowest BCUT2D eigenvalue weighted by molar-refractivity contribution is 0.0907. The van der Waals surface area contributed by atoms with Crippen LogP contribution in [0.4, 0.5) is 0 Å². The van der Waals surface area contributed by atoms with E-state index in [1.807, 2.05) is 0 Å². The van der Waals surface area contributed by atoms with Crippen molar-refractivity contribution in [3.8, 4) is 0 Å². The molecule has 0 aliphatic heterocycles. The Morgan fingerprint density at radius 2 is 2.07 bits per heavy atom. The molecular formula is C10H17N3O2. The third kappa shape index (κ3) is 6.11. The van der Waals surface area contributed by atoms with Gasteiger partial charge in [0.25, 0.3) is 0 Å². The number of hydrogen-bond acceptors (Lipinski definition) is 5. The van der Waals surface area contributed by atoms with E-state index in [0.717, 1.165) is 18.8 Å². The van der Waals surface area contributed by atoms with E-state index in [2.05, 4.69) is 15.3 Å². The number of aliphatic hydroxyl groups excluding tert-OH is 1. The number of rotatable bonds is 8. The van der Waals surface area contributed by atoms with Crippen molar-refractivity contribution >= 4 is 0 Å². The molecule has 2 N–H and O–H groups in total. The van der Waals surface area contributed by atoms with Gasteiger partial charge < -0.3 is 15.2 Å². The summed E-state index contributed by atoms with van der Waals surface area (Å²) < 4.78 is 5.11. The molecule has 1 heterocycles. The molecule has 0 aromatic carbocycles. The van der Waals surface area contributed by atoms with Crippen molar-refractivity contribution in [1.82, 2.24) is 15.3 Å². The molecular weight excluding hydrogens is 194 g/mol. The number of nitrogens with one attached hydrogen (secondary N) is 1. The van der Waals surface area contributed by atoms with Crippen LogP contribution in [0.3, 0.4) is 0 Å². The maximum absolute atomic E-state index is 8.46. The van der Waals surface area contributed by atoms with Gasteiger partial charge >= 0.3 is 0 Å². The second-order valence-electron chi connectivity index (χ2n) is 3.03. The summed E-state index contributed by atoms with van der Waals surface area (Å²) in [5.74, 6) is 0.800. The van der Waals surface area contributed by atoms with Crippen molar-refractivity contribution in [2.75, 3.05) is 26.4 Å². The highest BCUT2D eigenvalue weighted by Crippen LogP contribution is 1.87. The minimum Gasteiger partial charge on any atom is -0.394 e. The van der Waals surface area contributed by atoms with Gasteiger partial charge in [-0.1, -0.05) is 0 Å². The average Bonchev–Trinajstić information content (AvgIpc) is 2.29. The summed E-state index contributed by atoms with van der Waals surface area (Å²) in [5, 5.41) is 11.7. The number of hydrogen-bond donors (Lipinski definition) is 2. The van der Waals surface area contributed by atoms with Gasteiger partial charge in [-0.3, -0.25) is 0 Å². The Kier molecular flexibility index (Phi) is 6.64. The molecule has 1 rings (SSSR count). The summed E-state index contributed by atoms with van der Waals surface area (Å²) in [6, 6.07) is 1.80. The molecule has 0 atom stereocenters. The first kappa shape index (κ1) is 12.0. The van der Waals surface area contributed by atoms with Crippen LogP contribution < -0.4 is 5.32 Å². The lowest BCUT2D eigenvalue weighted by Crippen LogP contribution is -2.18. The molecule has 0 radical (unpaired) electrons. The minimum absolute atomic E-state index is 0.0886. The molecule has 0 saturated carbocycles.